The van der Waals surface area contributed by atoms with Crippen LogP contribution in [0, 0.1) is 11.3 Å². The van der Waals surface area contributed by atoms with Gasteiger partial charge in [0.25, 0.3) is 0 Å². The van der Waals surface area contributed by atoms with Crippen molar-refractivity contribution in [3.05, 3.63) is 231 Å². The summed E-state index contributed by atoms with van der Waals surface area (Å²) in [5.41, 5.74) is 19.1. The van der Waals surface area contributed by atoms with Gasteiger partial charge in [-0.25, -0.2) is 9.98 Å². The zero-order chi connectivity index (χ0) is 38.7. The van der Waals surface area contributed by atoms with Crippen LogP contribution < -0.4 is 0 Å². The molecular weight excluding hydrogens is 691 g/mol. The first-order valence-electron chi connectivity index (χ1n) is 19.8. The van der Waals surface area contributed by atoms with E-state index < -0.39 is 5.41 Å². The van der Waals surface area contributed by atoms with E-state index in [0.29, 0.717) is 11.4 Å². The van der Waals surface area contributed by atoms with Crippen LogP contribution in [0.1, 0.15) is 89.2 Å². The molecule has 0 unspecified atom stereocenters. The van der Waals surface area contributed by atoms with Gasteiger partial charge in [-0.1, -0.05) is 159 Å². The fourth-order valence-electron chi connectivity index (χ4n) is 9.71. The highest BCUT2D eigenvalue weighted by atomic mass is 14.9. The Bertz CT molecular complexity index is 2850. The lowest BCUT2D eigenvalue weighted by Crippen LogP contribution is -2.40. The zero-order valence-corrected chi connectivity index (χ0v) is 32.4. The first kappa shape index (κ1) is 34.6. The van der Waals surface area contributed by atoms with Crippen molar-refractivity contribution in [1.29, 1.82) is 5.26 Å². The predicted octanol–water partition coefficient (Wildman–Crippen LogP) is 12.7. The summed E-state index contributed by atoms with van der Waals surface area (Å²) in [6.07, 6.45) is 1.59. The zero-order valence-electron chi connectivity index (χ0n) is 32.4. The Morgan fingerprint density at radius 3 is 1.79 bits per heavy atom. The molecule has 0 saturated heterocycles. The number of rotatable bonds is 4. The van der Waals surface area contributed by atoms with Crippen molar-refractivity contribution in [3.63, 3.8) is 0 Å². The Hall–Kier alpha value is -6.89. The SMILES string of the molecule is C/C1=C(/c2ccccc2)N=C(c2cccc(C#N)c2)N=C(c2cccc(-c3ccc4c(c3)C(C)(C)c3ccccc3C43c4ccccc4-c4ccccc43)c2)CC1. The molecule has 0 bridgehead atoms. The summed E-state index contributed by atoms with van der Waals surface area (Å²) in [5, 5.41) is 9.77. The standard InChI is InChI=1S/C54H41N3/c1-35-27-30-50(56-52(41-20-13-15-36(31-41)34-55)57-51(35)37-16-5-4-6-17-37)40-19-14-18-38(32-40)39-28-29-48-49(33-39)53(2,3)46-25-11-12-26-47(46)54(48)44-23-9-7-21-42(44)43-22-8-10-24-45(43)54/h4-26,28-29,31-33H,27,30H2,1-3H3/b51-35+,56-50?,57-52?. The number of hydrogen-bond donors (Lipinski definition) is 0. The van der Waals surface area contributed by atoms with Crippen molar-refractivity contribution in [1.82, 2.24) is 0 Å². The minimum absolute atomic E-state index is 0.232. The summed E-state index contributed by atoms with van der Waals surface area (Å²) >= 11 is 0. The fraction of sp³-hybridized carbons (Fsp3) is 0.130. The number of aliphatic imine (C=N–C) groups is 2. The number of nitrogens with zero attached hydrogens (tertiary/aromatic N) is 3. The van der Waals surface area contributed by atoms with Crippen molar-refractivity contribution >= 4 is 17.2 Å². The largest absolute Gasteiger partial charge is 0.232 e. The molecular formula is C54H41N3. The summed E-state index contributed by atoms with van der Waals surface area (Å²) in [4.78, 5) is 10.6. The van der Waals surface area contributed by atoms with Gasteiger partial charge in [-0.3, -0.25) is 0 Å². The van der Waals surface area contributed by atoms with Crippen molar-refractivity contribution in [2.24, 2.45) is 9.98 Å². The molecule has 0 fully saturated rings. The highest BCUT2D eigenvalue weighted by Crippen LogP contribution is 2.62. The molecule has 3 nitrogen and oxygen atoms in total. The van der Waals surface area contributed by atoms with E-state index in [1.165, 1.54) is 55.6 Å². The number of nitriles is 1. The summed E-state index contributed by atoms with van der Waals surface area (Å²) in [5.74, 6) is 0.613. The third kappa shape index (κ3) is 5.40. The van der Waals surface area contributed by atoms with Crippen LogP contribution >= 0.6 is 0 Å². The second-order valence-electron chi connectivity index (χ2n) is 16.0. The number of fused-ring (bicyclic) bond motifs is 9. The van der Waals surface area contributed by atoms with Gasteiger partial charge in [0.05, 0.1) is 28.5 Å². The molecule has 2 aliphatic carbocycles. The third-order valence-corrected chi connectivity index (χ3v) is 12.5. The molecule has 7 aromatic rings. The minimum Gasteiger partial charge on any atom is -0.232 e. The Kier molecular flexibility index (Phi) is 8.13. The minimum atomic E-state index is -0.412. The fourth-order valence-corrected chi connectivity index (χ4v) is 9.71. The van der Waals surface area contributed by atoms with Crippen molar-refractivity contribution in [3.8, 4) is 28.3 Å². The maximum atomic E-state index is 9.77. The molecule has 3 aliphatic rings. The normalized spacial score (nSPS) is 17.2. The smallest absolute Gasteiger partial charge is 0.160 e. The maximum absolute atomic E-state index is 9.77. The van der Waals surface area contributed by atoms with E-state index in [-0.39, 0.29) is 5.41 Å². The number of benzene rings is 7. The number of allylic oxidation sites excluding steroid dienone is 1. The average Bonchev–Trinajstić information content (AvgIpc) is 3.55. The highest BCUT2D eigenvalue weighted by Gasteiger charge is 2.53. The molecule has 0 atom stereocenters. The average molecular weight is 732 g/mol. The molecule has 0 amide bonds. The van der Waals surface area contributed by atoms with Gasteiger partial charge in [-0.2, -0.15) is 5.26 Å². The monoisotopic (exact) mass is 731 g/mol. The molecule has 57 heavy (non-hydrogen) atoms. The molecule has 0 radical (unpaired) electrons. The van der Waals surface area contributed by atoms with Crippen molar-refractivity contribution in [2.45, 2.75) is 44.4 Å². The van der Waals surface area contributed by atoms with Gasteiger partial charge in [-0.05, 0) is 111 Å². The highest BCUT2D eigenvalue weighted by molar-refractivity contribution is 6.14. The Morgan fingerprint density at radius 1 is 0.474 bits per heavy atom. The topological polar surface area (TPSA) is 48.5 Å². The second-order valence-corrected chi connectivity index (χ2v) is 16.0. The van der Waals surface area contributed by atoms with E-state index in [0.717, 1.165) is 46.5 Å². The number of amidine groups is 1. The molecule has 272 valence electrons. The van der Waals surface area contributed by atoms with E-state index in [1.54, 1.807) is 0 Å². The van der Waals surface area contributed by atoms with Gasteiger partial charge >= 0.3 is 0 Å². The van der Waals surface area contributed by atoms with Gasteiger partial charge in [0.2, 0.25) is 0 Å². The van der Waals surface area contributed by atoms with Gasteiger partial charge < -0.3 is 0 Å². The lowest BCUT2D eigenvalue weighted by Gasteiger charge is -2.46. The van der Waals surface area contributed by atoms with E-state index in [2.05, 4.69) is 154 Å². The molecule has 0 saturated carbocycles. The van der Waals surface area contributed by atoms with Crippen LogP contribution in [0.3, 0.4) is 0 Å². The van der Waals surface area contributed by atoms with Gasteiger partial charge in [0.15, 0.2) is 5.84 Å². The van der Waals surface area contributed by atoms with E-state index >= 15 is 0 Å². The van der Waals surface area contributed by atoms with Gasteiger partial charge in [-0.15, -0.1) is 0 Å². The summed E-state index contributed by atoms with van der Waals surface area (Å²) in [7, 11) is 0. The van der Waals surface area contributed by atoms with E-state index in [1.807, 2.05) is 42.5 Å². The lowest BCUT2D eigenvalue weighted by atomic mass is 9.55. The van der Waals surface area contributed by atoms with Crippen LogP contribution in [0.2, 0.25) is 0 Å². The first-order chi connectivity index (χ1) is 27.9. The molecule has 0 N–H and O–H groups in total. The molecule has 3 heteroatoms. The van der Waals surface area contributed by atoms with Crippen LogP contribution in [0.15, 0.2) is 185 Å². The van der Waals surface area contributed by atoms with E-state index in [4.69, 9.17) is 9.98 Å². The predicted molar refractivity (Wildman–Crippen MR) is 234 cm³/mol. The van der Waals surface area contributed by atoms with E-state index in [9.17, 15) is 5.26 Å². The first-order valence-corrected chi connectivity index (χ1v) is 19.8. The van der Waals surface area contributed by atoms with Crippen LogP contribution in [0.5, 0.6) is 0 Å². The summed E-state index contributed by atoms with van der Waals surface area (Å²) < 4.78 is 0. The third-order valence-electron chi connectivity index (χ3n) is 12.5. The second kappa shape index (κ2) is 13.4. The quantitative estimate of drug-likeness (QED) is 0.178. The molecule has 10 rings (SSSR count). The Labute approximate surface area is 335 Å². The van der Waals surface area contributed by atoms with Crippen LogP contribution in [0.25, 0.3) is 28.0 Å². The van der Waals surface area contributed by atoms with Crippen LogP contribution in [0.4, 0.5) is 0 Å². The summed E-state index contributed by atoms with van der Waals surface area (Å²) in [6, 6.07) is 63.4. The Morgan fingerprint density at radius 2 is 1.05 bits per heavy atom. The summed E-state index contributed by atoms with van der Waals surface area (Å²) in [6.45, 7) is 6.94. The van der Waals surface area contributed by atoms with Gasteiger partial charge in [0, 0.05) is 16.5 Å². The Balaban J connectivity index is 1.12. The van der Waals surface area contributed by atoms with Crippen molar-refractivity contribution < 1.29 is 0 Å². The van der Waals surface area contributed by atoms with Crippen LogP contribution in [-0.2, 0) is 10.8 Å². The lowest BCUT2D eigenvalue weighted by molar-refractivity contribution is 0.563. The molecule has 1 aliphatic heterocycles. The molecule has 1 spiro atoms. The van der Waals surface area contributed by atoms with Gasteiger partial charge in [0.1, 0.15) is 0 Å². The van der Waals surface area contributed by atoms with Crippen molar-refractivity contribution in [2.75, 3.05) is 0 Å². The molecule has 7 aromatic carbocycles. The van der Waals surface area contributed by atoms with Crippen LogP contribution in [-0.4, -0.2) is 11.5 Å². The maximum Gasteiger partial charge on any atom is 0.160 e. The molecule has 1 heterocycles. The molecule has 0 aromatic heterocycles. The number of hydrogen-bond acceptors (Lipinski definition) is 3.